The number of benzene rings is 2. The van der Waals surface area contributed by atoms with Crippen molar-refractivity contribution in [3.05, 3.63) is 52.0 Å². The number of nitrogens with one attached hydrogen (secondary N) is 1. The molecule has 0 amide bonds. The van der Waals surface area contributed by atoms with Gasteiger partial charge in [0.25, 0.3) is 0 Å². The van der Waals surface area contributed by atoms with E-state index in [9.17, 15) is 8.42 Å². The lowest BCUT2D eigenvalue weighted by atomic mass is 10.1. The molecule has 0 heterocycles. The van der Waals surface area contributed by atoms with Gasteiger partial charge in [0.2, 0.25) is 10.0 Å². The quantitative estimate of drug-likeness (QED) is 0.617. The maximum Gasteiger partial charge on any atom is 0.242 e. The van der Waals surface area contributed by atoms with Crippen molar-refractivity contribution in [1.29, 1.82) is 0 Å². The Labute approximate surface area is 164 Å². The summed E-state index contributed by atoms with van der Waals surface area (Å²) in [4.78, 5) is -0.103. The van der Waals surface area contributed by atoms with Gasteiger partial charge in [0.15, 0.2) is 0 Å². The Morgan fingerprint density at radius 3 is 2.35 bits per heavy atom. The Balaban J connectivity index is 1.93. The summed E-state index contributed by atoms with van der Waals surface area (Å²) in [5.41, 5.74) is 1.24. The molecule has 0 bridgehead atoms. The second-order valence-corrected chi connectivity index (χ2v) is 8.03. The van der Waals surface area contributed by atoms with E-state index in [1.165, 1.54) is 24.8 Å². The molecule has 0 aromatic heterocycles. The molecule has 0 radical (unpaired) electrons. The van der Waals surface area contributed by atoms with Crippen molar-refractivity contribution in [2.45, 2.75) is 24.7 Å². The average molecular weight is 418 g/mol. The summed E-state index contributed by atoms with van der Waals surface area (Å²) in [6.45, 7) is 2.41. The Bertz CT molecular complexity index is 839. The molecule has 0 unspecified atom stereocenters. The predicted octanol–water partition coefficient (Wildman–Crippen LogP) is 4.31. The van der Waals surface area contributed by atoms with Crippen LogP contribution in [-0.2, 0) is 16.4 Å². The third-order valence-corrected chi connectivity index (χ3v) is 6.13. The standard InChI is InChI=1S/C18H21Cl2NO4S/c1-3-4-13-5-7-14(8-6-13)25-12-11-21-26(22,23)16-10-9-15(24-2)17(19)18(16)20/h5-10,21H,3-4,11-12H2,1-2H3. The van der Waals surface area contributed by atoms with E-state index in [4.69, 9.17) is 32.7 Å². The number of hydrogen-bond donors (Lipinski definition) is 1. The first-order chi connectivity index (χ1) is 12.4. The number of aryl methyl sites for hydroxylation is 1. The van der Waals surface area contributed by atoms with Crippen molar-refractivity contribution in [2.24, 2.45) is 0 Å². The van der Waals surface area contributed by atoms with Gasteiger partial charge in [-0.2, -0.15) is 0 Å². The molecule has 142 valence electrons. The normalized spacial score (nSPS) is 11.4. The minimum atomic E-state index is -3.81. The van der Waals surface area contributed by atoms with Gasteiger partial charge in [0.1, 0.15) is 28.0 Å². The summed E-state index contributed by atoms with van der Waals surface area (Å²) in [7, 11) is -2.38. The molecule has 8 heteroatoms. The van der Waals surface area contributed by atoms with Crippen LogP contribution in [-0.4, -0.2) is 28.7 Å². The second-order valence-electron chi connectivity index (χ2n) is 5.53. The molecule has 5 nitrogen and oxygen atoms in total. The Morgan fingerprint density at radius 2 is 1.73 bits per heavy atom. The third-order valence-electron chi connectivity index (χ3n) is 3.65. The fourth-order valence-corrected chi connectivity index (χ4v) is 4.19. The maximum absolute atomic E-state index is 12.4. The largest absolute Gasteiger partial charge is 0.495 e. The van der Waals surface area contributed by atoms with E-state index >= 15 is 0 Å². The lowest BCUT2D eigenvalue weighted by Crippen LogP contribution is -2.28. The van der Waals surface area contributed by atoms with Crippen LogP contribution in [0.2, 0.25) is 10.0 Å². The molecule has 2 aromatic rings. The van der Waals surface area contributed by atoms with Gasteiger partial charge >= 0.3 is 0 Å². The number of rotatable bonds is 9. The Kier molecular flexibility index (Phi) is 7.58. The minimum absolute atomic E-state index is 0.0560. The fourth-order valence-electron chi connectivity index (χ4n) is 2.34. The summed E-state index contributed by atoms with van der Waals surface area (Å²) in [5.74, 6) is 1.00. The first-order valence-corrected chi connectivity index (χ1v) is 10.4. The molecule has 2 aromatic carbocycles. The monoisotopic (exact) mass is 417 g/mol. The van der Waals surface area contributed by atoms with Gasteiger partial charge in [-0.15, -0.1) is 0 Å². The number of hydrogen-bond acceptors (Lipinski definition) is 4. The van der Waals surface area contributed by atoms with E-state index in [2.05, 4.69) is 11.6 Å². The summed E-state index contributed by atoms with van der Waals surface area (Å²) in [5, 5.41) is -0.0218. The maximum atomic E-state index is 12.4. The first kappa shape index (κ1) is 20.8. The van der Waals surface area contributed by atoms with Crippen LogP contribution in [0.15, 0.2) is 41.3 Å². The van der Waals surface area contributed by atoms with E-state index in [1.54, 1.807) is 0 Å². The van der Waals surface area contributed by atoms with E-state index in [-0.39, 0.29) is 28.1 Å². The van der Waals surface area contributed by atoms with Crippen LogP contribution in [0.3, 0.4) is 0 Å². The van der Waals surface area contributed by atoms with Crippen molar-refractivity contribution in [3.8, 4) is 11.5 Å². The van der Waals surface area contributed by atoms with Crippen LogP contribution in [0, 0.1) is 0 Å². The molecule has 0 saturated heterocycles. The summed E-state index contributed by atoms with van der Waals surface area (Å²) in [6.07, 6.45) is 2.10. The van der Waals surface area contributed by atoms with E-state index in [1.807, 2.05) is 24.3 Å². The van der Waals surface area contributed by atoms with Crippen LogP contribution < -0.4 is 14.2 Å². The van der Waals surface area contributed by atoms with Crippen LogP contribution >= 0.6 is 23.2 Å². The Morgan fingerprint density at radius 1 is 1.04 bits per heavy atom. The molecule has 0 fully saturated rings. The van der Waals surface area contributed by atoms with Crippen LogP contribution in [0.4, 0.5) is 0 Å². The molecule has 2 rings (SSSR count). The molecule has 0 spiro atoms. The fraction of sp³-hybridized carbons (Fsp3) is 0.333. The van der Waals surface area contributed by atoms with Gasteiger partial charge < -0.3 is 9.47 Å². The van der Waals surface area contributed by atoms with Crippen molar-refractivity contribution >= 4 is 33.2 Å². The highest BCUT2D eigenvalue weighted by Crippen LogP contribution is 2.36. The molecule has 0 aliphatic carbocycles. The van der Waals surface area contributed by atoms with Crippen LogP contribution in [0.5, 0.6) is 11.5 Å². The van der Waals surface area contributed by atoms with Crippen LogP contribution in [0.1, 0.15) is 18.9 Å². The average Bonchev–Trinajstić information content (AvgIpc) is 2.62. The zero-order chi connectivity index (χ0) is 19.2. The topological polar surface area (TPSA) is 64.6 Å². The smallest absolute Gasteiger partial charge is 0.242 e. The molecular formula is C18H21Cl2NO4S. The first-order valence-electron chi connectivity index (χ1n) is 8.12. The third kappa shape index (κ3) is 5.27. The molecule has 0 aliphatic heterocycles. The van der Waals surface area contributed by atoms with Gasteiger partial charge in [0, 0.05) is 6.54 Å². The summed E-state index contributed by atoms with van der Waals surface area (Å²) in [6, 6.07) is 10.6. The van der Waals surface area contributed by atoms with Crippen molar-refractivity contribution < 1.29 is 17.9 Å². The van der Waals surface area contributed by atoms with Gasteiger partial charge in [-0.3, -0.25) is 0 Å². The summed E-state index contributed by atoms with van der Waals surface area (Å²) < 4.78 is 37.8. The van der Waals surface area contributed by atoms with Crippen molar-refractivity contribution in [3.63, 3.8) is 0 Å². The molecule has 1 N–H and O–H groups in total. The van der Waals surface area contributed by atoms with Gasteiger partial charge in [-0.1, -0.05) is 48.7 Å². The zero-order valence-electron chi connectivity index (χ0n) is 14.6. The minimum Gasteiger partial charge on any atom is -0.495 e. The molecular weight excluding hydrogens is 397 g/mol. The van der Waals surface area contributed by atoms with E-state index in [0.717, 1.165) is 12.8 Å². The predicted molar refractivity (Wildman–Crippen MR) is 104 cm³/mol. The highest BCUT2D eigenvalue weighted by Gasteiger charge is 2.21. The van der Waals surface area contributed by atoms with Gasteiger partial charge in [-0.25, -0.2) is 13.1 Å². The summed E-state index contributed by atoms with van der Waals surface area (Å²) >= 11 is 12.1. The van der Waals surface area contributed by atoms with Gasteiger partial charge in [-0.05, 0) is 36.2 Å². The van der Waals surface area contributed by atoms with Gasteiger partial charge in [0.05, 0.1) is 12.1 Å². The lowest BCUT2D eigenvalue weighted by molar-refractivity contribution is 0.322. The second kappa shape index (κ2) is 9.46. The number of ether oxygens (including phenoxy) is 2. The number of sulfonamides is 1. The SMILES string of the molecule is CCCc1ccc(OCCNS(=O)(=O)c2ccc(OC)c(Cl)c2Cl)cc1. The number of halogens is 2. The zero-order valence-corrected chi connectivity index (χ0v) is 16.9. The number of methoxy groups -OCH3 is 1. The lowest BCUT2D eigenvalue weighted by Gasteiger charge is -2.12. The highest BCUT2D eigenvalue weighted by molar-refractivity contribution is 7.89. The van der Waals surface area contributed by atoms with Crippen molar-refractivity contribution in [1.82, 2.24) is 4.72 Å². The molecule has 0 saturated carbocycles. The van der Waals surface area contributed by atoms with Crippen LogP contribution in [0.25, 0.3) is 0 Å². The van der Waals surface area contributed by atoms with Crippen molar-refractivity contribution in [2.75, 3.05) is 20.3 Å². The molecule has 26 heavy (non-hydrogen) atoms. The van der Waals surface area contributed by atoms with E-state index < -0.39 is 10.0 Å². The van der Waals surface area contributed by atoms with E-state index in [0.29, 0.717) is 11.5 Å². The Hall–Kier alpha value is -1.47. The molecule has 0 atom stereocenters. The molecule has 0 aliphatic rings. The highest BCUT2D eigenvalue weighted by atomic mass is 35.5.